The lowest BCUT2D eigenvalue weighted by Crippen LogP contribution is -2.34. The summed E-state index contributed by atoms with van der Waals surface area (Å²) in [5.41, 5.74) is 0.0853. The standard InChI is InChI=1S/C7H13ClO3S/c1-2-7(4-3-5-7)6-11-12(8,9)10/h2-6H2,1H3. The average molecular weight is 213 g/mol. The molecule has 0 radical (unpaired) electrons. The van der Waals surface area contributed by atoms with Crippen LogP contribution in [0.1, 0.15) is 32.6 Å². The number of rotatable bonds is 4. The fourth-order valence-electron chi connectivity index (χ4n) is 1.47. The Labute approximate surface area is 77.7 Å². The first kappa shape index (κ1) is 10.3. The maximum Gasteiger partial charge on any atom is 0.355 e. The molecule has 1 aliphatic carbocycles. The lowest BCUT2D eigenvalue weighted by Gasteiger charge is -2.40. The second kappa shape index (κ2) is 3.52. The van der Waals surface area contributed by atoms with E-state index in [0.717, 1.165) is 19.3 Å². The molecule has 0 aromatic carbocycles. The molecule has 0 bridgehead atoms. The van der Waals surface area contributed by atoms with Crippen LogP contribution in [0.2, 0.25) is 0 Å². The van der Waals surface area contributed by atoms with Crippen molar-refractivity contribution in [2.75, 3.05) is 6.61 Å². The Hall–Kier alpha value is 0.200. The van der Waals surface area contributed by atoms with Gasteiger partial charge in [-0.25, -0.2) is 0 Å². The van der Waals surface area contributed by atoms with Crippen LogP contribution >= 0.6 is 10.7 Å². The molecule has 0 spiro atoms. The van der Waals surface area contributed by atoms with Gasteiger partial charge in [0.15, 0.2) is 0 Å². The summed E-state index contributed by atoms with van der Waals surface area (Å²) in [5.74, 6) is 0. The zero-order valence-electron chi connectivity index (χ0n) is 7.05. The van der Waals surface area contributed by atoms with Crippen molar-refractivity contribution in [1.29, 1.82) is 0 Å². The second-order valence-electron chi connectivity index (χ2n) is 3.36. The van der Waals surface area contributed by atoms with E-state index in [1.165, 1.54) is 6.42 Å². The highest BCUT2D eigenvalue weighted by Crippen LogP contribution is 2.44. The first-order valence-corrected chi connectivity index (χ1v) is 6.30. The predicted octanol–water partition coefficient (Wildman–Crippen LogP) is 2.07. The molecule has 72 valence electrons. The van der Waals surface area contributed by atoms with E-state index in [1.807, 2.05) is 6.92 Å². The van der Waals surface area contributed by atoms with Gasteiger partial charge in [0.25, 0.3) is 0 Å². The van der Waals surface area contributed by atoms with Gasteiger partial charge >= 0.3 is 9.33 Å². The Morgan fingerprint density at radius 1 is 1.50 bits per heavy atom. The van der Waals surface area contributed by atoms with Crippen LogP contribution < -0.4 is 0 Å². The molecule has 0 amide bonds. The molecule has 12 heavy (non-hydrogen) atoms. The van der Waals surface area contributed by atoms with Crippen LogP contribution in [0.4, 0.5) is 0 Å². The van der Waals surface area contributed by atoms with Crippen molar-refractivity contribution in [3.8, 4) is 0 Å². The normalized spacial score (nSPS) is 21.8. The zero-order chi connectivity index (χ0) is 9.24. The maximum absolute atomic E-state index is 10.5. The summed E-state index contributed by atoms with van der Waals surface area (Å²) in [6.07, 6.45) is 4.23. The Kier molecular flexibility index (Phi) is 3.01. The summed E-state index contributed by atoms with van der Waals surface area (Å²) in [7, 11) is 1.16. The van der Waals surface area contributed by atoms with Crippen LogP contribution in [0, 0.1) is 5.41 Å². The van der Waals surface area contributed by atoms with E-state index in [9.17, 15) is 8.42 Å². The van der Waals surface area contributed by atoms with Gasteiger partial charge in [0.1, 0.15) is 0 Å². The molecule has 0 atom stereocenters. The highest BCUT2D eigenvalue weighted by molar-refractivity contribution is 8.09. The Morgan fingerprint density at radius 2 is 2.08 bits per heavy atom. The summed E-state index contributed by atoms with van der Waals surface area (Å²) in [6, 6.07) is 0. The number of hydrogen-bond acceptors (Lipinski definition) is 3. The van der Waals surface area contributed by atoms with Gasteiger partial charge in [0.05, 0.1) is 6.61 Å². The molecule has 0 unspecified atom stereocenters. The van der Waals surface area contributed by atoms with E-state index in [0.29, 0.717) is 0 Å². The molecule has 1 aliphatic rings. The summed E-state index contributed by atoms with van der Waals surface area (Å²) in [6.45, 7) is 2.29. The SMILES string of the molecule is CCC1(COS(=O)(=O)Cl)CCC1. The van der Waals surface area contributed by atoms with Crippen LogP contribution in [0.15, 0.2) is 0 Å². The van der Waals surface area contributed by atoms with Gasteiger partial charge in [0, 0.05) is 10.7 Å². The van der Waals surface area contributed by atoms with Crippen molar-refractivity contribution in [3.05, 3.63) is 0 Å². The van der Waals surface area contributed by atoms with Crippen molar-refractivity contribution in [3.63, 3.8) is 0 Å². The molecule has 0 saturated heterocycles. The smallest absolute Gasteiger partial charge is 0.257 e. The zero-order valence-corrected chi connectivity index (χ0v) is 8.62. The quantitative estimate of drug-likeness (QED) is 0.670. The third-order valence-corrected chi connectivity index (χ3v) is 3.34. The van der Waals surface area contributed by atoms with E-state index < -0.39 is 9.33 Å². The lowest BCUT2D eigenvalue weighted by atomic mass is 9.68. The average Bonchev–Trinajstić information content (AvgIpc) is 1.84. The molecular weight excluding hydrogens is 200 g/mol. The minimum atomic E-state index is -3.77. The third-order valence-electron chi connectivity index (χ3n) is 2.67. The van der Waals surface area contributed by atoms with Crippen LogP contribution in [-0.4, -0.2) is 15.0 Å². The van der Waals surface area contributed by atoms with Gasteiger partial charge in [-0.05, 0) is 24.7 Å². The maximum atomic E-state index is 10.5. The first-order valence-electron chi connectivity index (χ1n) is 4.06. The fraction of sp³-hybridized carbons (Fsp3) is 1.00. The summed E-state index contributed by atoms with van der Waals surface area (Å²) in [4.78, 5) is 0. The largest absolute Gasteiger partial charge is 0.355 e. The first-order chi connectivity index (χ1) is 5.47. The molecule has 1 rings (SSSR count). The summed E-state index contributed by atoms with van der Waals surface area (Å²) in [5, 5.41) is 0. The van der Waals surface area contributed by atoms with E-state index in [4.69, 9.17) is 10.7 Å². The molecule has 1 saturated carbocycles. The van der Waals surface area contributed by atoms with Crippen LogP contribution in [0.25, 0.3) is 0 Å². The highest BCUT2D eigenvalue weighted by atomic mass is 35.7. The van der Waals surface area contributed by atoms with E-state index in [1.54, 1.807) is 0 Å². The Balaban J connectivity index is 2.40. The molecule has 0 aromatic heterocycles. The van der Waals surface area contributed by atoms with Crippen molar-refractivity contribution in [2.24, 2.45) is 5.41 Å². The van der Waals surface area contributed by atoms with Gasteiger partial charge in [-0.3, -0.25) is 4.18 Å². The van der Waals surface area contributed by atoms with Crippen LogP contribution in [0.5, 0.6) is 0 Å². The van der Waals surface area contributed by atoms with Crippen molar-refractivity contribution >= 4 is 20.0 Å². The molecule has 1 fully saturated rings. The summed E-state index contributed by atoms with van der Waals surface area (Å²) < 4.78 is 25.5. The third kappa shape index (κ3) is 2.61. The second-order valence-corrected chi connectivity index (χ2v) is 5.52. The van der Waals surface area contributed by atoms with Crippen LogP contribution in [-0.2, 0) is 13.5 Å². The fourth-order valence-corrected chi connectivity index (χ4v) is 2.00. The number of halogens is 1. The van der Waals surface area contributed by atoms with Gasteiger partial charge in [-0.15, -0.1) is 0 Å². The lowest BCUT2D eigenvalue weighted by molar-refractivity contribution is 0.0586. The Bertz CT molecular complexity index is 238. The van der Waals surface area contributed by atoms with Crippen molar-refractivity contribution in [2.45, 2.75) is 32.6 Å². The molecule has 0 N–H and O–H groups in total. The molecule has 5 heteroatoms. The molecule has 3 nitrogen and oxygen atoms in total. The van der Waals surface area contributed by atoms with E-state index in [2.05, 4.69) is 4.18 Å². The topological polar surface area (TPSA) is 43.4 Å². The van der Waals surface area contributed by atoms with Gasteiger partial charge in [-0.2, -0.15) is 8.42 Å². The van der Waals surface area contributed by atoms with Gasteiger partial charge in [-0.1, -0.05) is 13.3 Å². The van der Waals surface area contributed by atoms with Gasteiger partial charge in [0.2, 0.25) is 0 Å². The number of hydrogen-bond donors (Lipinski definition) is 0. The predicted molar refractivity (Wildman–Crippen MR) is 47.3 cm³/mol. The van der Waals surface area contributed by atoms with Crippen molar-refractivity contribution in [1.82, 2.24) is 0 Å². The molecule has 0 heterocycles. The van der Waals surface area contributed by atoms with E-state index >= 15 is 0 Å². The monoisotopic (exact) mass is 212 g/mol. The minimum absolute atomic E-state index is 0.0853. The van der Waals surface area contributed by atoms with E-state index in [-0.39, 0.29) is 12.0 Å². The highest BCUT2D eigenvalue weighted by Gasteiger charge is 2.36. The molecule has 0 aliphatic heterocycles. The molecule has 0 aromatic rings. The van der Waals surface area contributed by atoms with Crippen molar-refractivity contribution < 1.29 is 12.6 Å². The minimum Gasteiger partial charge on any atom is -0.257 e. The van der Waals surface area contributed by atoms with Gasteiger partial charge < -0.3 is 0 Å². The van der Waals surface area contributed by atoms with Crippen LogP contribution in [0.3, 0.4) is 0 Å². The molecular formula is C7H13ClO3S. The summed E-state index contributed by atoms with van der Waals surface area (Å²) >= 11 is 0. The Morgan fingerprint density at radius 3 is 2.33 bits per heavy atom.